The normalized spacial score (nSPS) is 26.1. The smallest absolute Gasteiger partial charge is 0.129 e. The van der Waals surface area contributed by atoms with Crippen LogP contribution in [0.15, 0.2) is 18.2 Å². The van der Waals surface area contributed by atoms with Crippen LogP contribution < -0.4 is 0 Å². The molecule has 1 aliphatic heterocycles. The van der Waals surface area contributed by atoms with E-state index in [1.54, 1.807) is 6.07 Å². The Balaban J connectivity index is 2.09. The lowest BCUT2D eigenvalue weighted by Crippen LogP contribution is -2.46. The van der Waals surface area contributed by atoms with Crippen molar-refractivity contribution < 1.29 is 5.11 Å². The van der Waals surface area contributed by atoms with Gasteiger partial charge in [-0.15, -0.1) is 0 Å². The minimum Gasteiger partial charge on any atom is -0.395 e. The first kappa shape index (κ1) is 12.8. The number of aliphatic hydroxyl groups excluding tert-OH is 1. The zero-order valence-corrected chi connectivity index (χ0v) is 10.9. The molecule has 0 saturated carbocycles. The largest absolute Gasteiger partial charge is 0.395 e. The van der Waals surface area contributed by atoms with Gasteiger partial charge in [0.25, 0.3) is 0 Å². The molecule has 0 bridgehead atoms. The third-order valence-corrected chi connectivity index (χ3v) is 3.73. The molecule has 2 atom stereocenters. The zero-order chi connectivity index (χ0) is 12.3. The van der Waals surface area contributed by atoms with E-state index in [0.717, 1.165) is 18.7 Å². The van der Waals surface area contributed by atoms with Gasteiger partial charge in [-0.05, 0) is 31.9 Å². The number of pyridine rings is 1. The van der Waals surface area contributed by atoms with Crippen LogP contribution in [0.25, 0.3) is 0 Å². The number of aromatic nitrogens is 1. The minimum absolute atomic E-state index is 0.227. The minimum atomic E-state index is 0.227. The van der Waals surface area contributed by atoms with E-state index >= 15 is 0 Å². The topological polar surface area (TPSA) is 36.4 Å². The van der Waals surface area contributed by atoms with Gasteiger partial charge in [-0.25, -0.2) is 4.98 Å². The van der Waals surface area contributed by atoms with E-state index in [-0.39, 0.29) is 12.6 Å². The van der Waals surface area contributed by atoms with Gasteiger partial charge in [0.15, 0.2) is 0 Å². The molecule has 0 aromatic carbocycles. The van der Waals surface area contributed by atoms with Crippen LogP contribution in [0.3, 0.4) is 0 Å². The number of likely N-dealkylation sites (tertiary alicyclic amines) is 1. The third-order valence-electron chi connectivity index (χ3n) is 3.52. The first-order valence-electron chi connectivity index (χ1n) is 6.18. The number of hydrogen-bond acceptors (Lipinski definition) is 3. The van der Waals surface area contributed by atoms with E-state index < -0.39 is 0 Å². The summed E-state index contributed by atoms with van der Waals surface area (Å²) in [6.07, 6.45) is 3.46. The van der Waals surface area contributed by atoms with Crippen molar-refractivity contribution in [2.75, 3.05) is 6.61 Å². The summed E-state index contributed by atoms with van der Waals surface area (Å²) in [5.41, 5.74) is 0.977. The molecule has 0 radical (unpaired) electrons. The second-order valence-electron chi connectivity index (χ2n) is 4.74. The van der Waals surface area contributed by atoms with Crippen LogP contribution in [0, 0.1) is 0 Å². The Kier molecular flexibility index (Phi) is 4.37. The molecule has 94 valence electrons. The van der Waals surface area contributed by atoms with Gasteiger partial charge >= 0.3 is 0 Å². The molecule has 2 rings (SSSR count). The fourth-order valence-corrected chi connectivity index (χ4v) is 2.73. The fraction of sp³-hybridized carbons (Fsp3) is 0.615. The van der Waals surface area contributed by atoms with Crippen molar-refractivity contribution in [3.63, 3.8) is 0 Å². The molecular formula is C13H19ClN2O. The van der Waals surface area contributed by atoms with Gasteiger partial charge in [0.05, 0.1) is 12.3 Å². The second kappa shape index (κ2) is 5.80. The van der Waals surface area contributed by atoms with Crippen molar-refractivity contribution in [2.45, 2.75) is 44.8 Å². The standard InChI is InChI=1S/C13H19ClN2O/c1-10-4-2-6-12(9-17)16(10)8-11-5-3-7-13(14)15-11/h3,5,7,10,12,17H,2,4,6,8-9H2,1H3. The Morgan fingerprint density at radius 2 is 2.29 bits per heavy atom. The summed E-state index contributed by atoms with van der Waals surface area (Å²) in [5, 5.41) is 9.96. The predicted octanol–water partition coefficient (Wildman–Crippen LogP) is 2.47. The molecule has 2 unspecified atom stereocenters. The van der Waals surface area contributed by atoms with E-state index in [9.17, 15) is 5.11 Å². The molecule has 4 heteroatoms. The quantitative estimate of drug-likeness (QED) is 0.842. The monoisotopic (exact) mass is 254 g/mol. The predicted molar refractivity (Wildman–Crippen MR) is 69.0 cm³/mol. The average molecular weight is 255 g/mol. The highest BCUT2D eigenvalue weighted by Crippen LogP contribution is 2.24. The van der Waals surface area contributed by atoms with Gasteiger partial charge in [0.1, 0.15) is 5.15 Å². The maximum Gasteiger partial charge on any atom is 0.129 e. The third kappa shape index (κ3) is 3.18. The van der Waals surface area contributed by atoms with Crippen molar-refractivity contribution in [1.29, 1.82) is 0 Å². The van der Waals surface area contributed by atoms with Crippen LogP contribution in [0.5, 0.6) is 0 Å². The molecule has 0 amide bonds. The molecule has 1 aromatic heterocycles. The summed E-state index contributed by atoms with van der Waals surface area (Å²) in [5.74, 6) is 0. The van der Waals surface area contributed by atoms with Crippen LogP contribution in [0.1, 0.15) is 31.9 Å². The van der Waals surface area contributed by atoms with E-state index in [2.05, 4.69) is 16.8 Å². The number of piperidine rings is 1. The average Bonchev–Trinajstić information content (AvgIpc) is 2.32. The summed E-state index contributed by atoms with van der Waals surface area (Å²) in [6, 6.07) is 6.46. The maximum absolute atomic E-state index is 9.42. The summed E-state index contributed by atoms with van der Waals surface area (Å²) in [4.78, 5) is 6.65. The van der Waals surface area contributed by atoms with Crippen molar-refractivity contribution >= 4 is 11.6 Å². The molecule has 3 nitrogen and oxygen atoms in total. The molecule has 2 heterocycles. The molecule has 1 saturated heterocycles. The molecule has 0 aliphatic carbocycles. The van der Waals surface area contributed by atoms with Crippen LogP contribution >= 0.6 is 11.6 Å². The summed E-state index contributed by atoms with van der Waals surface area (Å²) in [6.45, 7) is 3.21. The number of aliphatic hydroxyl groups is 1. The van der Waals surface area contributed by atoms with Gasteiger partial charge in [-0.2, -0.15) is 0 Å². The Labute approximate surface area is 107 Å². The Morgan fingerprint density at radius 1 is 1.47 bits per heavy atom. The van der Waals surface area contributed by atoms with Crippen LogP contribution in [-0.4, -0.2) is 33.7 Å². The van der Waals surface area contributed by atoms with Gasteiger partial charge in [0, 0.05) is 18.6 Å². The Bertz CT molecular complexity index is 372. The van der Waals surface area contributed by atoms with Crippen molar-refractivity contribution in [3.8, 4) is 0 Å². The van der Waals surface area contributed by atoms with Crippen LogP contribution in [0.2, 0.25) is 5.15 Å². The molecule has 1 N–H and O–H groups in total. The molecule has 1 fully saturated rings. The van der Waals surface area contributed by atoms with Crippen LogP contribution in [0.4, 0.5) is 0 Å². The molecule has 17 heavy (non-hydrogen) atoms. The Hall–Kier alpha value is -0.640. The van der Waals surface area contributed by atoms with Gasteiger partial charge in [0.2, 0.25) is 0 Å². The lowest BCUT2D eigenvalue weighted by molar-refractivity contribution is 0.0442. The summed E-state index contributed by atoms with van der Waals surface area (Å²) < 4.78 is 0. The lowest BCUT2D eigenvalue weighted by atomic mass is 9.96. The highest BCUT2D eigenvalue weighted by Gasteiger charge is 2.27. The van der Waals surface area contributed by atoms with E-state index in [0.29, 0.717) is 11.2 Å². The van der Waals surface area contributed by atoms with E-state index in [4.69, 9.17) is 11.6 Å². The molecular weight excluding hydrogens is 236 g/mol. The van der Waals surface area contributed by atoms with Crippen LogP contribution in [-0.2, 0) is 6.54 Å². The first-order valence-corrected chi connectivity index (χ1v) is 6.56. The first-order chi connectivity index (χ1) is 8.20. The van der Waals surface area contributed by atoms with Gasteiger partial charge < -0.3 is 5.11 Å². The molecule has 1 aliphatic rings. The maximum atomic E-state index is 9.42. The van der Waals surface area contributed by atoms with E-state index in [1.165, 1.54) is 12.8 Å². The van der Waals surface area contributed by atoms with Crippen molar-refractivity contribution in [3.05, 3.63) is 29.0 Å². The number of hydrogen-bond donors (Lipinski definition) is 1. The lowest BCUT2D eigenvalue weighted by Gasteiger charge is -2.39. The number of rotatable bonds is 3. The van der Waals surface area contributed by atoms with Crippen molar-refractivity contribution in [2.24, 2.45) is 0 Å². The highest BCUT2D eigenvalue weighted by atomic mass is 35.5. The molecule has 1 aromatic rings. The summed E-state index contributed by atoms with van der Waals surface area (Å²) in [7, 11) is 0. The number of nitrogens with zero attached hydrogens (tertiary/aromatic N) is 2. The highest BCUT2D eigenvalue weighted by molar-refractivity contribution is 6.29. The fourth-order valence-electron chi connectivity index (χ4n) is 2.55. The second-order valence-corrected chi connectivity index (χ2v) is 5.13. The van der Waals surface area contributed by atoms with Gasteiger partial charge in [-0.3, -0.25) is 4.90 Å². The SMILES string of the molecule is CC1CCCC(CO)N1Cc1cccc(Cl)n1. The Morgan fingerprint density at radius 3 is 3.00 bits per heavy atom. The van der Waals surface area contributed by atoms with E-state index in [1.807, 2.05) is 12.1 Å². The molecule has 0 spiro atoms. The van der Waals surface area contributed by atoms with Crippen molar-refractivity contribution in [1.82, 2.24) is 9.88 Å². The summed E-state index contributed by atoms with van der Waals surface area (Å²) >= 11 is 5.89. The number of halogens is 1. The zero-order valence-electron chi connectivity index (χ0n) is 10.1. The van der Waals surface area contributed by atoms with Gasteiger partial charge in [-0.1, -0.05) is 24.1 Å².